The van der Waals surface area contributed by atoms with E-state index in [1.165, 1.54) is 40.9 Å². The van der Waals surface area contributed by atoms with E-state index >= 15 is 0 Å². The smallest absolute Gasteiger partial charge is 0.342 e. The number of aliphatic hydroxyl groups excluding tert-OH is 2. The molecule has 0 bridgehead atoms. The standard InChI is InChI=1S/C29H28ClN7O8S2/c1-32-47(42,43)19-5-3-2-4-17(19)16-8-6-15(7-9-16)10-29(27(40)41,20-12-46-14-34-20)44-11-18-22(38)23(39)26(45-18)37-13-33-21-24(31)35-28(30)36-25(21)37/h2-9,12-14,18,22-23,26,32,38-39H,10-11H2,1H3,(H,40,41)(H2,31,35,36)/t18-,22-,23-,26-,29?/m1/s1. The minimum absolute atomic E-state index is 0.0152. The molecule has 1 unspecified atom stereocenters. The number of carboxylic acids is 1. The zero-order valence-electron chi connectivity index (χ0n) is 24.5. The van der Waals surface area contributed by atoms with Crippen molar-refractivity contribution < 1.29 is 38.0 Å². The minimum Gasteiger partial charge on any atom is -0.479 e. The Balaban J connectivity index is 1.27. The number of sulfonamides is 1. The zero-order valence-corrected chi connectivity index (χ0v) is 26.9. The van der Waals surface area contributed by atoms with E-state index in [0.717, 1.165) is 0 Å². The van der Waals surface area contributed by atoms with E-state index in [4.69, 9.17) is 26.8 Å². The lowest BCUT2D eigenvalue weighted by Crippen LogP contribution is -2.44. The van der Waals surface area contributed by atoms with E-state index in [9.17, 15) is 28.5 Å². The van der Waals surface area contributed by atoms with Gasteiger partial charge in [-0.1, -0.05) is 42.5 Å². The average Bonchev–Trinajstić information content (AvgIpc) is 3.80. The summed E-state index contributed by atoms with van der Waals surface area (Å²) in [6, 6.07) is 13.2. The number of benzene rings is 2. The number of nitrogens with zero attached hydrogens (tertiary/aromatic N) is 5. The number of thiazole rings is 1. The van der Waals surface area contributed by atoms with Crippen molar-refractivity contribution in [2.75, 3.05) is 19.4 Å². The van der Waals surface area contributed by atoms with Crippen molar-refractivity contribution in [2.45, 2.75) is 41.5 Å². The van der Waals surface area contributed by atoms with Crippen molar-refractivity contribution in [3.63, 3.8) is 0 Å². The molecule has 1 aliphatic heterocycles. The number of imidazole rings is 1. The maximum atomic E-state index is 13.0. The maximum absolute atomic E-state index is 13.0. The lowest BCUT2D eigenvalue weighted by atomic mass is 9.90. The molecule has 3 aromatic heterocycles. The normalized spacial score (nSPS) is 21.2. The molecular formula is C29H28ClN7O8S2. The lowest BCUT2D eigenvalue weighted by Gasteiger charge is -2.30. The topological polar surface area (TPSA) is 225 Å². The van der Waals surface area contributed by atoms with Gasteiger partial charge in [0.05, 0.1) is 29.0 Å². The third-order valence-electron chi connectivity index (χ3n) is 7.88. The molecule has 0 spiro atoms. The number of hydrogen-bond acceptors (Lipinski definition) is 13. The molecule has 1 saturated heterocycles. The average molecular weight is 702 g/mol. The van der Waals surface area contributed by atoms with Crippen LogP contribution in [-0.4, -0.2) is 86.2 Å². The van der Waals surface area contributed by atoms with Gasteiger partial charge in [0, 0.05) is 17.4 Å². The molecule has 6 N–H and O–H groups in total. The number of fused-ring (bicyclic) bond motifs is 1. The molecule has 246 valence electrons. The van der Waals surface area contributed by atoms with Crippen molar-refractivity contribution in [1.82, 2.24) is 29.2 Å². The number of ether oxygens (including phenoxy) is 2. The van der Waals surface area contributed by atoms with Crippen molar-refractivity contribution in [1.29, 1.82) is 0 Å². The predicted octanol–water partition coefficient (Wildman–Crippen LogP) is 1.95. The predicted molar refractivity (Wildman–Crippen MR) is 170 cm³/mol. The first kappa shape index (κ1) is 32.9. The highest BCUT2D eigenvalue weighted by atomic mass is 35.5. The summed E-state index contributed by atoms with van der Waals surface area (Å²) in [5.74, 6) is -1.33. The van der Waals surface area contributed by atoms with Crippen LogP contribution in [0, 0.1) is 0 Å². The molecular weight excluding hydrogens is 674 g/mol. The summed E-state index contributed by atoms with van der Waals surface area (Å²) in [6.45, 7) is -0.448. The van der Waals surface area contributed by atoms with Gasteiger partial charge in [-0.25, -0.2) is 27.9 Å². The van der Waals surface area contributed by atoms with Crippen molar-refractivity contribution >= 4 is 55.9 Å². The van der Waals surface area contributed by atoms with Crippen LogP contribution in [0.25, 0.3) is 22.3 Å². The van der Waals surface area contributed by atoms with Gasteiger partial charge in [-0.3, -0.25) is 4.57 Å². The SMILES string of the molecule is CNS(=O)(=O)c1ccccc1-c1ccc(CC(OC[C@H]2O[C@@H](n3cnc4c(N)nc(Cl)nc43)[C@H](O)[C@@H]2O)(C(=O)O)c2cscn2)cc1. The second kappa shape index (κ2) is 12.9. The summed E-state index contributed by atoms with van der Waals surface area (Å²) in [5.41, 5.74) is 7.46. The van der Waals surface area contributed by atoms with E-state index in [1.807, 2.05) is 0 Å². The highest BCUT2D eigenvalue weighted by Crippen LogP contribution is 2.37. The third kappa shape index (κ3) is 6.07. The third-order valence-corrected chi connectivity index (χ3v) is 10.1. The van der Waals surface area contributed by atoms with Crippen molar-refractivity contribution in [3.8, 4) is 11.1 Å². The molecule has 0 amide bonds. The van der Waals surface area contributed by atoms with Crippen LogP contribution in [0.5, 0.6) is 0 Å². The van der Waals surface area contributed by atoms with Crippen LogP contribution in [0.1, 0.15) is 17.5 Å². The van der Waals surface area contributed by atoms with Gasteiger partial charge in [0.25, 0.3) is 0 Å². The Morgan fingerprint density at radius 1 is 1.15 bits per heavy atom. The quantitative estimate of drug-likeness (QED) is 0.124. The number of halogens is 1. The summed E-state index contributed by atoms with van der Waals surface area (Å²) in [6.07, 6.45) is -4.19. The Morgan fingerprint density at radius 3 is 2.57 bits per heavy atom. The first-order valence-corrected chi connectivity index (χ1v) is 16.8. The van der Waals surface area contributed by atoms with Crippen LogP contribution in [0.4, 0.5) is 5.82 Å². The van der Waals surface area contributed by atoms with E-state index in [0.29, 0.717) is 16.7 Å². The van der Waals surface area contributed by atoms with Crippen LogP contribution in [-0.2, 0) is 36.3 Å². The number of carbonyl (C=O) groups is 1. The van der Waals surface area contributed by atoms with E-state index < -0.39 is 52.7 Å². The lowest BCUT2D eigenvalue weighted by molar-refractivity contribution is -0.177. The molecule has 2 aromatic carbocycles. The molecule has 15 nitrogen and oxygen atoms in total. The Labute approximate surface area is 276 Å². The van der Waals surface area contributed by atoms with Crippen LogP contribution in [0.15, 0.2) is 70.6 Å². The number of aliphatic carboxylic acids is 1. The number of nitrogen functional groups attached to an aromatic ring is 1. The molecule has 0 saturated carbocycles. The Bertz CT molecular complexity index is 2030. The number of aromatic nitrogens is 5. The number of aliphatic hydroxyl groups is 2. The summed E-state index contributed by atoms with van der Waals surface area (Å²) in [4.78, 5) is 29.4. The number of carboxylic acid groups (broad SMARTS) is 1. The highest BCUT2D eigenvalue weighted by Gasteiger charge is 2.49. The van der Waals surface area contributed by atoms with E-state index in [2.05, 4.69) is 24.7 Å². The first-order valence-electron chi connectivity index (χ1n) is 14.0. The Hall–Kier alpha value is -4.07. The molecule has 1 aliphatic rings. The highest BCUT2D eigenvalue weighted by molar-refractivity contribution is 7.89. The van der Waals surface area contributed by atoms with Crippen molar-refractivity contribution in [3.05, 3.63) is 82.3 Å². The van der Waals surface area contributed by atoms with E-state index in [-0.39, 0.29) is 39.3 Å². The van der Waals surface area contributed by atoms with Crippen LogP contribution in [0.3, 0.4) is 0 Å². The zero-order chi connectivity index (χ0) is 33.5. The monoisotopic (exact) mass is 701 g/mol. The Morgan fingerprint density at radius 2 is 1.89 bits per heavy atom. The van der Waals surface area contributed by atoms with Gasteiger partial charge in [0.2, 0.25) is 20.9 Å². The first-order chi connectivity index (χ1) is 22.4. The number of nitrogens with two attached hydrogens (primary N) is 1. The van der Waals surface area contributed by atoms with Gasteiger partial charge < -0.3 is 30.5 Å². The molecule has 47 heavy (non-hydrogen) atoms. The van der Waals surface area contributed by atoms with Gasteiger partial charge in [0.1, 0.15) is 23.8 Å². The second-order valence-corrected chi connectivity index (χ2v) is 13.6. The number of rotatable bonds is 11. The fraction of sp³-hybridized carbons (Fsp3) is 0.276. The van der Waals surface area contributed by atoms with Crippen LogP contribution >= 0.6 is 22.9 Å². The molecule has 18 heteroatoms. The maximum Gasteiger partial charge on any atom is 0.342 e. The number of nitrogens with one attached hydrogen (secondary N) is 1. The molecule has 0 aliphatic carbocycles. The van der Waals surface area contributed by atoms with Gasteiger partial charge in [0.15, 0.2) is 17.7 Å². The molecule has 6 rings (SSSR count). The second-order valence-electron chi connectivity index (χ2n) is 10.6. The van der Waals surface area contributed by atoms with Crippen LogP contribution in [0.2, 0.25) is 5.28 Å². The molecule has 5 aromatic rings. The summed E-state index contributed by atoms with van der Waals surface area (Å²) >= 11 is 7.15. The minimum atomic E-state index is -3.74. The van der Waals surface area contributed by atoms with Gasteiger partial charge in [-0.05, 0) is 35.8 Å². The number of hydrogen-bond donors (Lipinski definition) is 5. The summed E-state index contributed by atoms with van der Waals surface area (Å²) in [7, 11) is -2.41. The van der Waals surface area contributed by atoms with Gasteiger partial charge >= 0.3 is 5.97 Å². The largest absolute Gasteiger partial charge is 0.479 e. The van der Waals surface area contributed by atoms with Crippen molar-refractivity contribution in [2.24, 2.45) is 0 Å². The Kier molecular flexibility index (Phi) is 8.98. The molecule has 4 heterocycles. The molecule has 1 fully saturated rings. The van der Waals surface area contributed by atoms with Gasteiger partial charge in [-0.15, -0.1) is 11.3 Å². The molecule has 5 atom stereocenters. The van der Waals surface area contributed by atoms with E-state index in [1.54, 1.807) is 47.8 Å². The number of anilines is 1. The summed E-state index contributed by atoms with van der Waals surface area (Å²) in [5, 5.41) is 33.8. The fourth-order valence-corrected chi connectivity index (χ4v) is 7.17. The van der Waals surface area contributed by atoms with Crippen LogP contribution < -0.4 is 10.5 Å². The summed E-state index contributed by atoms with van der Waals surface area (Å²) < 4.78 is 40.9. The van der Waals surface area contributed by atoms with Gasteiger partial charge in [-0.2, -0.15) is 9.97 Å². The molecule has 0 radical (unpaired) electrons. The fourth-order valence-electron chi connectivity index (χ4n) is 5.43.